The second kappa shape index (κ2) is 9.11. The summed E-state index contributed by atoms with van der Waals surface area (Å²) in [6.45, 7) is 7.05. The lowest BCUT2D eigenvalue weighted by Gasteiger charge is -2.28. The largest absolute Gasteiger partial charge is 0.468 e. The molecule has 1 unspecified atom stereocenters. The molecule has 1 N–H and O–H groups in total. The first-order valence-corrected chi connectivity index (χ1v) is 13.1. The fraction of sp³-hybridized carbons (Fsp3) is 0.450. The molecule has 1 aliphatic rings. The van der Waals surface area contributed by atoms with Crippen LogP contribution in [0.5, 0.6) is 0 Å². The molecule has 2 aromatic rings. The number of carbonyl (C=O) groups excluding carboxylic acids is 1. The van der Waals surface area contributed by atoms with Gasteiger partial charge in [-0.25, -0.2) is 25.9 Å². The Labute approximate surface area is 183 Å². The Bertz CT molecular complexity index is 1140. The second-order valence-electron chi connectivity index (χ2n) is 7.28. The van der Waals surface area contributed by atoms with E-state index in [2.05, 4.69) is 9.62 Å². The number of amides is 1. The monoisotopic (exact) mass is 469 g/mol. The van der Waals surface area contributed by atoms with Crippen molar-refractivity contribution in [1.82, 2.24) is 9.62 Å². The summed E-state index contributed by atoms with van der Waals surface area (Å²) >= 11 is 0. The average molecular weight is 470 g/mol. The molecule has 1 aliphatic heterocycles. The number of hydrogen-bond donors (Lipinski definition) is 1. The van der Waals surface area contributed by atoms with Crippen molar-refractivity contribution in [1.29, 1.82) is 0 Å². The Balaban J connectivity index is 1.90. The smallest absolute Gasteiger partial charge is 0.242 e. The fourth-order valence-corrected chi connectivity index (χ4v) is 6.45. The van der Waals surface area contributed by atoms with E-state index in [0.29, 0.717) is 28.7 Å². The zero-order valence-electron chi connectivity index (χ0n) is 17.7. The van der Waals surface area contributed by atoms with E-state index in [9.17, 15) is 21.6 Å². The SMILES string of the molecule is CCN(CC)C(CNS(=O)(=O)c1cc(N2C(=O)CCS2(=O)=O)ccc1C)c1ccco1. The third-order valence-corrected chi connectivity index (χ3v) is 8.62. The zero-order chi connectivity index (χ0) is 22.8. The van der Waals surface area contributed by atoms with E-state index in [1.165, 1.54) is 18.2 Å². The molecule has 31 heavy (non-hydrogen) atoms. The Morgan fingerprint density at radius 1 is 1.23 bits per heavy atom. The minimum Gasteiger partial charge on any atom is -0.468 e. The topological polar surface area (TPSA) is 117 Å². The summed E-state index contributed by atoms with van der Waals surface area (Å²) in [6.07, 6.45) is 1.42. The lowest BCUT2D eigenvalue weighted by Crippen LogP contribution is -2.38. The number of furan rings is 1. The maximum Gasteiger partial charge on any atom is 0.242 e. The number of sulfonamides is 2. The van der Waals surface area contributed by atoms with Gasteiger partial charge in [0, 0.05) is 13.0 Å². The van der Waals surface area contributed by atoms with Crippen molar-refractivity contribution < 1.29 is 26.0 Å². The number of benzene rings is 1. The standard InChI is InChI=1S/C20H27N3O6S2/c1-4-22(5-2)17(18-7-6-11-29-18)14-21-31(27,28)19-13-16(9-8-15(19)3)23-20(24)10-12-30(23,25)26/h6-9,11,13,17,21H,4-5,10,12,14H2,1-3H3. The van der Waals surface area contributed by atoms with Crippen LogP contribution in [0, 0.1) is 6.92 Å². The molecule has 1 aromatic heterocycles. The van der Waals surface area contributed by atoms with Gasteiger partial charge in [-0.2, -0.15) is 0 Å². The van der Waals surface area contributed by atoms with Crippen molar-refractivity contribution in [2.24, 2.45) is 0 Å². The van der Waals surface area contributed by atoms with E-state index < -0.39 is 26.0 Å². The quantitative estimate of drug-likeness (QED) is 0.597. The van der Waals surface area contributed by atoms with Crippen LogP contribution in [0.2, 0.25) is 0 Å². The van der Waals surface area contributed by atoms with Crippen LogP contribution < -0.4 is 9.03 Å². The molecule has 0 aliphatic carbocycles. The normalized spacial score (nSPS) is 17.4. The Hall–Kier alpha value is -2.21. The highest BCUT2D eigenvalue weighted by Crippen LogP contribution is 2.29. The van der Waals surface area contributed by atoms with Gasteiger partial charge >= 0.3 is 0 Å². The fourth-order valence-electron chi connectivity index (χ4n) is 3.69. The van der Waals surface area contributed by atoms with Crippen LogP contribution in [0.15, 0.2) is 45.9 Å². The molecule has 1 fully saturated rings. The van der Waals surface area contributed by atoms with Gasteiger partial charge in [0.1, 0.15) is 5.76 Å². The zero-order valence-corrected chi connectivity index (χ0v) is 19.4. The number of nitrogens with zero attached hydrogens (tertiary/aromatic N) is 2. The third kappa shape index (κ3) is 4.84. The van der Waals surface area contributed by atoms with Crippen molar-refractivity contribution in [3.8, 4) is 0 Å². The van der Waals surface area contributed by atoms with Gasteiger partial charge < -0.3 is 4.42 Å². The number of aryl methyl sites for hydroxylation is 1. The van der Waals surface area contributed by atoms with Gasteiger partial charge in [0.15, 0.2) is 0 Å². The van der Waals surface area contributed by atoms with Gasteiger partial charge in [-0.05, 0) is 49.8 Å². The molecule has 11 heteroatoms. The van der Waals surface area contributed by atoms with Crippen molar-refractivity contribution in [3.05, 3.63) is 47.9 Å². The summed E-state index contributed by atoms with van der Waals surface area (Å²) in [5, 5.41) is 0. The number of carbonyl (C=O) groups is 1. The molecule has 1 aromatic carbocycles. The van der Waals surface area contributed by atoms with E-state index in [0.717, 1.165) is 0 Å². The van der Waals surface area contributed by atoms with Gasteiger partial charge in [-0.3, -0.25) is 9.69 Å². The van der Waals surface area contributed by atoms with Gasteiger partial charge in [0.2, 0.25) is 26.0 Å². The highest BCUT2D eigenvalue weighted by Gasteiger charge is 2.37. The van der Waals surface area contributed by atoms with Crippen molar-refractivity contribution in [2.75, 3.05) is 29.7 Å². The molecule has 1 atom stereocenters. The van der Waals surface area contributed by atoms with E-state index >= 15 is 0 Å². The van der Waals surface area contributed by atoms with Crippen LogP contribution in [0.4, 0.5) is 5.69 Å². The summed E-state index contributed by atoms with van der Waals surface area (Å²) < 4.78 is 59.5. The lowest BCUT2D eigenvalue weighted by atomic mass is 10.2. The number of hydrogen-bond acceptors (Lipinski definition) is 7. The number of likely N-dealkylation sites (N-methyl/N-ethyl adjacent to an activating group) is 1. The van der Waals surface area contributed by atoms with Crippen LogP contribution in [-0.4, -0.2) is 53.0 Å². The molecular formula is C20H27N3O6S2. The van der Waals surface area contributed by atoms with Gasteiger partial charge in [0.25, 0.3) is 0 Å². The molecule has 0 spiro atoms. The Morgan fingerprint density at radius 3 is 2.48 bits per heavy atom. The summed E-state index contributed by atoms with van der Waals surface area (Å²) in [5.74, 6) is -0.209. The summed E-state index contributed by atoms with van der Waals surface area (Å²) in [5.41, 5.74) is 0.470. The predicted octanol–water partition coefficient (Wildman–Crippen LogP) is 2.02. The Kier molecular flexibility index (Phi) is 6.89. The van der Waals surface area contributed by atoms with Gasteiger partial charge in [0.05, 0.1) is 28.6 Å². The molecule has 0 radical (unpaired) electrons. The lowest BCUT2D eigenvalue weighted by molar-refractivity contribution is -0.116. The van der Waals surface area contributed by atoms with Crippen LogP contribution >= 0.6 is 0 Å². The molecular weight excluding hydrogens is 442 g/mol. The van der Waals surface area contributed by atoms with Gasteiger partial charge in [-0.15, -0.1) is 0 Å². The van der Waals surface area contributed by atoms with E-state index in [1.807, 2.05) is 13.8 Å². The average Bonchev–Trinajstić information content (AvgIpc) is 3.33. The first-order chi connectivity index (χ1) is 14.6. The number of anilines is 1. The summed E-state index contributed by atoms with van der Waals surface area (Å²) in [6, 6.07) is 7.42. The maximum absolute atomic E-state index is 13.1. The molecule has 9 nitrogen and oxygen atoms in total. The molecule has 0 bridgehead atoms. The number of nitrogens with one attached hydrogen (secondary N) is 1. The Morgan fingerprint density at radius 2 is 1.94 bits per heavy atom. The second-order valence-corrected chi connectivity index (χ2v) is 11.0. The molecule has 1 saturated heterocycles. The van der Waals surface area contributed by atoms with Gasteiger partial charge in [-0.1, -0.05) is 19.9 Å². The summed E-state index contributed by atoms with van der Waals surface area (Å²) in [4.78, 5) is 14.1. The maximum atomic E-state index is 13.1. The van der Waals surface area contributed by atoms with Crippen LogP contribution in [-0.2, 0) is 24.8 Å². The van der Waals surface area contributed by atoms with Crippen LogP contribution in [0.3, 0.4) is 0 Å². The first-order valence-electron chi connectivity index (χ1n) is 10.0. The van der Waals surface area contributed by atoms with Crippen LogP contribution in [0.25, 0.3) is 0 Å². The molecule has 1 amide bonds. The summed E-state index contributed by atoms with van der Waals surface area (Å²) in [7, 11) is -7.77. The van der Waals surface area contributed by atoms with Crippen molar-refractivity contribution in [2.45, 2.75) is 38.1 Å². The molecule has 2 heterocycles. The number of rotatable bonds is 9. The van der Waals surface area contributed by atoms with E-state index in [4.69, 9.17) is 4.42 Å². The first kappa shape index (κ1) is 23.5. The highest BCUT2D eigenvalue weighted by atomic mass is 32.2. The minimum atomic E-state index is -3.98. The minimum absolute atomic E-state index is 0.0276. The highest BCUT2D eigenvalue weighted by molar-refractivity contribution is 7.94. The third-order valence-electron chi connectivity index (χ3n) is 5.37. The molecule has 3 rings (SSSR count). The molecule has 0 saturated carbocycles. The van der Waals surface area contributed by atoms with Crippen molar-refractivity contribution >= 4 is 31.6 Å². The van der Waals surface area contributed by atoms with Crippen molar-refractivity contribution in [3.63, 3.8) is 0 Å². The predicted molar refractivity (Wildman–Crippen MR) is 117 cm³/mol. The van der Waals surface area contributed by atoms with E-state index in [1.54, 1.807) is 25.3 Å². The van der Waals surface area contributed by atoms with E-state index in [-0.39, 0.29) is 35.3 Å². The molecule has 170 valence electrons. The van der Waals surface area contributed by atoms with Crippen LogP contribution in [0.1, 0.15) is 37.6 Å².